The summed E-state index contributed by atoms with van der Waals surface area (Å²) >= 11 is 0. The Morgan fingerprint density at radius 3 is 3.10 bits per heavy atom. The Balaban J connectivity index is 1.47. The second-order valence-corrected chi connectivity index (χ2v) is 5.06. The highest BCUT2D eigenvalue weighted by molar-refractivity contribution is 5.78. The number of carbonyl (C=O) groups is 1. The van der Waals surface area contributed by atoms with Gasteiger partial charge in [-0.2, -0.15) is 0 Å². The molecule has 0 aliphatic carbocycles. The fourth-order valence-electron chi connectivity index (χ4n) is 2.36. The van der Waals surface area contributed by atoms with Crippen LogP contribution in [0.25, 0.3) is 0 Å². The summed E-state index contributed by atoms with van der Waals surface area (Å²) in [5.74, 6) is 1.96. The van der Waals surface area contributed by atoms with Crippen LogP contribution in [0.4, 0.5) is 0 Å². The van der Waals surface area contributed by atoms with Crippen LogP contribution >= 0.6 is 0 Å². The monoisotopic (exact) mass is 294 g/mol. The average molecular weight is 294 g/mol. The van der Waals surface area contributed by atoms with E-state index in [-0.39, 0.29) is 19.3 Å². The second-order valence-electron chi connectivity index (χ2n) is 5.06. The number of hydrogen-bond donors (Lipinski definition) is 2. The first-order valence-electron chi connectivity index (χ1n) is 6.90. The first-order chi connectivity index (χ1) is 10.2. The Hall–Kier alpha value is -1.99. The van der Waals surface area contributed by atoms with Gasteiger partial charge in [-0.05, 0) is 12.1 Å². The number of aliphatic hydroxyl groups is 1. The zero-order chi connectivity index (χ0) is 14.7. The lowest BCUT2D eigenvalue weighted by Crippen LogP contribution is -2.50. The van der Waals surface area contributed by atoms with Gasteiger partial charge in [0.25, 0.3) is 0 Å². The van der Waals surface area contributed by atoms with Crippen molar-refractivity contribution >= 4 is 5.91 Å². The van der Waals surface area contributed by atoms with Crippen molar-refractivity contribution in [2.24, 2.45) is 0 Å². The molecule has 0 aromatic heterocycles. The molecule has 1 atom stereocenters. The van der Waals surface area contributed by atoms with Gasteiger partial charge in [-0.25, -0.2) is 0 Å². The number of benzene rings is 1. The van der Waals surface area contributed by atoms with Crippen LogP contribution in [0.15, 0.2) is 18.2 Å². The van der Waals surface area contributed by atoms with E-state index in [1.54, 1.807) is 18.2 Å². The molecule has 7 nitrogen and oxygen atoms in total. The molecule has 2 aliphatic rings. The van der Waals surface area contributed by atoms with Crippen LogP contribution in [0.1, 0.15) is 0 Å². The Morgan fingerprint density at radius 2 is 2.24 bits per heavy atom. The van der Waals surface area contributed by atoms with Gasteiger partial charge in [0.2, 0.25) is 12.7 Å². The second kappa shape index (κ2) is 6.19. The molecular formula is C14H18N2O5. The molecule has 7 heteroatoms. The molecule has 0 radical (unpaired) electrons. The van der Waals surface area contributed by atoms with E-state index >= 15 is 0 Å². The number of nitrogens with one attached hydrogen (secondary N) is 1. The molecule has 0 bridgehead atoms. The van der Waals surface area contributed by atoms with Gasteiger partial charge in [-0.1, -0.05) is 0 Å². The number of ether oxygens (including phenoxy) is 3. The highest BCUT2D eigenvalue weighted by atomic mass is 16.7. The molecule has 1 fully saturated rings. The van der Waals surface area contributed by atoms with Crippen LogP contribution in [0.3, 0.4) is 0 Å². The van der Waals surface area contributed by atoms with Crippen LogP contribution in [-0.4, -0.2) is 61.6 Å². The van der Waals surface area contributed by atoms with Crippen molar-refractivity contribution in [1.82, 2.24) is 10.2 Å². The predicted molar refractivity (Wildman–Crippen MR) is 73.5 cm³/mol. The summed E-state index contributed by atoms with van der Waals surface area (Å²) in [7, 11) is 0. The number of rotatable bonds is 5. The maximum atomic E-state index is 11.3. The van der Waals surface area contributed by atoms with Crippen molar-refractivity contribution in [2.75, 3.05) is 39.6 Å². The van der Waals surface area contributed by atoms with E-state index in [0.717, 1.165) is 6.54 Å². The van der Waals surface area contributed by atoms with E-state index < -0.39 is 6.10 Å². The van der Waals surface area contributed by atoms with Gasteiger partial charge in [0.05, 0.1) is 6.54 Å². The van der Waals surface area contributed by atoms with Crippen molar-refractivity contribution < 1.29 is 24.1 Å². The minimum absolute atomic E-state index is 0.00913. The van der Waals surface area contributed by atoms with Crippen molar-refractivity contribution in [3.8, 4) is 17.2 Å². The number of β-amino-alcohol motifs (C(OH)–C–C–N with tert-alkyl or cyclic N) is 1. The topological polar surface area (TPSA) is 80.3 Å². The smallest absolute Gasteiger partial charge is 0.234 e. The van der Waals surface area contributed by atoms with E-state index in [1.807, 2.05) is 4.90 Å². The van der Waals surface area contributed by atoms with Gasteiger partial charge in [-0.3, -0.25) is 9.69 Å². The zero-order valence-corrected chi connectivity index (χ0v) is 11.6. The highest BCUT2D eigenvalue weighted by Crippen LogP contribution is 2.35. The lowest BCUT2D eigenvalue weighted by atomic mass is 10.3. The number of nitrogens with zero attached hydrogens (tertiary/aromatic N) is 1. The standard InChI is InChI=1S/C14H18N2O5/c17-10(6-16-4-3-15-14(18)7-16)8-19-11-1-2-12-13(5-11)21-9-20-12/h1-2,5,10,17H,3-4,6-9H2,(H,15,18)/t10-/m1/s1. The lowest BCUT2D eigenvalue weighted by Gasteiger charge is -2.28. The molecule has 2 N–H and O–H groups in total. The molecule has 1 saturated heterocycles. The molecule has 114 valence electrons. The summed E-state index contributed by atoms with van der Waals surface area (Å²) in [6.07, 6.45) is -0.652. The normalized spacial score (nSPS) is 19.2. The molecule has 1 amide bonds. The minimum atomic E-state index is -0.652. The van der Waals surface area contributed by atoms with E-state index in [1.165, 1.54) is 0 Å². The Labute approximate surface area is 122 Å². The largest absolute Gasteiger partial charge is 0.491 e. The molecule has 2 aliphatic heterocycles. The van der Waals surface area contributed by atoms with Gasteiger partial charge >= 0.3 is 0 Å². The molecule has 0 saturated carbocycles. The quantitative estimate of drug-likeness (QED) is 0.768. The lowest BCUT2D eigenvalue weighted by molar-refractivity contribution is -0.124. The molecule has 1 aromatic carbocycles. The summed E-state index contributed by atoms with van der Waals surface area (Å²) in [5, 5.41) is 12.7. The molecule has 2 heterocycles. The third kappa shape index (κ3) is 3.56. The summed E-state index contributed by atoms with van der Waals surface area (Å²) < 4.78 is 16.0. The van der Waals surface area contributed by atoms with E-state index in [2.05, 4.69) is 5.32 Å². The van der Waals surface area contributed by atoms with E-state index in [0.29, 0.717) is 36.9 Å². The van der Waals surface area contributed by atoms with Gasteiger partial charge in [0, 0.05) is 25.7 Å². The predicted octanol–water partition coefficient (Wildman–Crippen LogP) is -0.413. The Bertz CT molecular complexity index is 522. The molecule has 1 aromatic rings. The maximum Gasteiger partial charge on any atom is 0.234 e. The molecule has 21 heavy (non-hydrogen) atoms. The fourth-order valence-corrected chi connectivity index (χ4v) is 2.36. The third-order valence-corrected chi connectivity index (χ3v) is 3.37. The number of fused-ring (bicyclic) bond motifs is 1. The van der Waals surface area contributed by atoms with E-state index in [4.69, 9.17) is 14.2 Å². The van der Waals surface area contributed by atoms with Crippen LogP contribution in [-0.2, 0) is 4.79 Å². The molecule has 0 spiro atoms. The van der Waals surface area contributed by atoms with Gasteiger partial charge < -0.3 is 24.6 Å². The average Bonchev–Trinajstić information content (AvgIpc) is 2.92. The fraction of sp³-hybridized carbons (Fsp3) is 0.500. The number of aliphatic hydroxyl groups excluding tert-OH is 1. The van der Waals surface area contributed by atoms with Crippen molar-refractivity contribution in [3.63, 3.8) is 0 Å². The van der Waals surface area contributed by atoms with Crippen LogP contribution < -0.4 is 19.5 Å². The number of hydrogen-bond acceptors (Lipinski definition) is 6. The first-order valence-corrected chi connectivity index (χ1v) is 6.90. The summed E-state index contributed by atoms with van der Waals surface area (Å²) in [5.41, 5.74) is 0. The zero-order valence-electron chi connectivity index (χ0n) is 11.6. The highest BCUT2D eigenvalue weighted by Gasteiger charge is 2.19. The molecule has 3 rings (SSSR count). The Kier molecular flexibility index (Phi) is 4.12. The first kappa shape index (κ1) is 14.0. The van der Waals surface area contributed by atoms with Crippen LogP contribution in [0.5, 0.6) is 17.2 Å². The third-order valence-electron chi connectivity index (χ3n) is 3.37. The summed E-state index contributed by atoms with van der Waals surface area (Å²) in [6.45, 7) is 2.48. The maximum absolute atomic E-state index is 11.3. The van der Waals surface area contributed by atoms with Crippen molar-refractivity contribution in [1.29, 1.82) is 0 Å². The minimum Gasteiger partial charge on any atom is -0.491 e. The molecular weight excluding hydrogens is 276 g/mol. The SMILES string of the molecule is O=C1CN(C[C@@H](O)COc2ccc3c(c2)OCO3)CCN1. The Morgan fingerprint density at radius 1 is 1.38 bits per heavy atom. The number of carbonyl (C=O) groups excluding carboxylic acids is 1. The number of amides is 1. The number of piperazine rings is 1. The van der Waals surface area contributed by atoms with Crippen molar-refractivity contribution in [2.45, 2.75) is 6.10 Å². The van der Waals surface area contributed by atoms with Gasteiger partial charge in [0.15, 0.2) is 11.5 Å². The van der Waals surface area contributed by atoms with Crippen LogP contribution in [0, 0.1) is 0 Å². The van der Waals surface area contributed by atoms with E-state index in [9.17, 15) is 9.90 Å². The van der Waals surface area contributed by atoms with Gasteiger partial charge in [0.1, 0.15) is 18.5 Å². The van der Waals surface area contributed by atoms with Crippen molar-refractivity contribution in [3.05, 3.63) is 18.2 Å². The summed E-state index contributed by atoms with van der Waals surface area (Å²) in [4.78, 5) is 13.2. The summed E-state index contributed by atoms with van der Waals surface area (Å²) in [6, 6.07) is 5.29. The van der Waals surface area contributed by atoms with Crippen LogP contribution in [0.2, 0.25) is 0 Å². The molecule has 0 unspecified atom stereocenters. The van der Waals surface area contributed by atoms with Gasteiger partial charge in [-0.15, -0.1) is 0 Å².